The highest BCUT2D eigenvalue weighted by Crippen LogP contribution is 2.12. The first-order chi connectivity index (χ1) is 8.48. The van der Waals surface area contributed by atoms with E-state index >= 15 is 0 Å². The van der Waals surface area contributed by atoms with Gasteiger partial charge in [-0.05, 0) is 30.7 Å². The number of nitrogens with one attached hydrogen (secondary N) is 1. The topological polar surface area (TPSA) is 72.5 Å². The van der Waals surface area contributed by atoms with Crippen LogP contribution in [0.1, 0.15) is 30.1 Å². The number of carbonyl (C=O) groups is 1. The number of anilines is 1. The molecule has 18 heavy (non-hydrogen) atoms. The number of carbonyl (C=O) groups excluding carboxylic acids is 1. The number of ether oxygens (including phenoxy) is 1. The first-order valence-electron chi connectivity index (χ1n) is 5.67. The molecule has 0 bridgehead atoms. The fourth-order valence-electron chi connectivity index (χ4n) is 1.36. The summed E-state index contributed by atoms with van der Waals surface area (Å²) in [6.07, 6.45) is 1.44. The zero-order valence-electron chi connectivity index (χ0n) is 10.5. The first-order valence-corrected chi connectivity index (χ1v) is 7.32. The fourth-order valence-corrected chi connectivity index (χ4v) is 2.62. The van der Waals surface area contributed by atoms with Gasteiger partial charge in [-0.25, -0.2) is 13.2 Å². The van der Waals surface area contributed by atoms with Crippen LogP contribution in [0.25, 0.3) is 0 Å². The van der Waals surface area contributed by atoms with Gasteiger partial charge in [-0.2, -0.15) is 0 Å². The Kier molecular flexibility index (Phi) is 5.15. The molecule has 0 spiro atoms. The Labute approximate surface area is 107 Å². The maximum atomic E-state index is 11.6. The molecule has 0 atom stereocenters. The minimum absolute atomic E-state index is 0.0995. The minimum Gasteiger partial charge on any atom is -0.465 e. The van der Waals surface area contributed by atoms with E-state index < -0.39 is 16.0 Å². The molecule has 1 N–H and O–H groups in total. The molecule has 0 aliphatic heterocycles. The number of rotatable bonds is 6. The fraction of sp³-hybridized carbons (Fsp3) is 0.417. The molecular weight excluding hydrogens is 254 g/mol. The quantitative estimate of drug-likeness (QED) is 0.803. The monoisotopic (exact) mass is 271 g/mol. The number of methoxy groups -OCH3 is 1. The Morgan fingerprint density at radius 1 is 1.28 bits per heavy atom. The molecule has 0 aliphatic carbocycles. The Morgan fingerprint density at radius 3 is 2.39 bits per heavy atom. The van der Waals surface area contributed by atoms with Crippen molar-refractivity contribution in [1.82, 2.24) is 0 Å². The van der Waals surface area contributed by atoms with Gasteiger partial charge in [-0.15, -0.1) is 0 Å². The molecule has 1 rings (SSSR count). The van der Waals surface area contributed by atoms with E-state index in [9.17, 15) is 13.2 Å². The summed E-state index contributed by atoms with van der Waals surface area (Å²) < 4.78 is 30.3. The molecule has 0 heterocycles. The second-order valence-electron chi connectivity index (χ2n) is 3.84. The largest absolute Gasteiger partial charge is 0.465 e. The number of sulfonamides is 1. The zero-order valence-corrected chi connectivity index (χ0v) is 11.3. The van der Waals surface area contributed by atoms with Crippen LogP contribution >= 0.6 is 0 Å². The van der Waals surface area contributed by atoms with E-state index in [-0.39, 0.29) is 5.75 Å². The van der Waals surface area contributed by atoms with Crippen LogP contribution in [0.2, 0.25) is 0 Å². The molecule has 100 valence electrons. The minimum atomic E-state index is -3.30. The van der Waals surface area contributed by atoms with Crippen molar-refractivity contribution < 1.29 is 17.9 Å². The van der Waals surface area contributed by atoms with Crippen molar-refractivity contribution in [3.8, 4) is 0 Å². The predicted molar refractivity (Wildman–Crippen MR) is 70.1 cm³/mol. The summed E-state index contributed by atoms with van der Waals surface area (Å²) in [5, 5.41) is 0. The Hall–Kier alpha value is -1.56. The average molecular weight is 271 g/mol. The molecule has 6 heteroatoms. The van der Waals surface area contributed by atoms with Crippen molar-refractivity contribution in [3.05, 3.63) is 29.8 Å². The van der Waals surface area contributed by atoms with Crippen LogP contribution in [0.3, 0.4) is 0 Å². The maximum Gasteiger partial charge on any atom is 0.337 e. The number of esters is 1. The van der Waals surface area contributed by atoms with Crippen molar-refractivity contribution in [3.63, 3.8) is 0 Å². The summed E-state index contributed by atoms with van der Waals surface area (Å²) >= 11 is 0. The van der Waals surface area contributed by atoms with Crippen LogP contribution in [0.15, 0.2) is 24.3 Å². The highest BCUT2D eigenvalue weighted by atomic mass is 32.2. The van der Waals surface area contributed by atoms with Crippen LogP contribution in [-0.4, -0.2) is 27.2 Å². The molecule has 0 radical (unpaired) electrons. The third-order valence-electron chi connectivity index (χ3n) is 2.35. The summed E-state index contributed by atoms with van der Waals surface area (Å²) in [6, 6.07) is 6.11. The summed E-state index contributed by atoms with van der Waals surface area (Å²) in [4.78, 5) is 11.2. The normalized spacial score (nSPS) is 11.0. The molecule has 0 aliphatic rings. The molecule has 5 nitrogen and oxygen atoms in total. The molecule has 1 aromatic carbocycles. The molecule has 0 saturated carbocycles. The summed E-state index contributed by atoms with van der Waals surface area (Å²) in [7, 11) is -2.01. The third kappa shape index (κ3) is 4.37. The number of benzene rings is 1. The van der Waals surface area contributed by atoms with Gasteiger partial charge in [0.1, 0.15) is 0 Å². The van der Waals surface area contributed by atoms with E-state index in [0.29, 0.717) is 17.7 Å². The summed E-state index contributed by atoms with van der Waals surface area (Å²) in [5.41, 5.74) is 0.827. The van der Waals surface area contributed by atoms with Crippen molar-refractivity contribution in [2.75, 3.05) is 17.6 Å². The van der Waals surface area contributed by atoms with E-state index in [1.807, 2.05) is 6.92 Å². The lowest BCUT2D eigenvalue weighted by Crippen LogP contribution is -2.16. The van der Waals surface area contributed by atoms with Crippen molar-refractivity contribution in [1.29, 1.82) is 0 Å². The van der Waals surface area contributed by atoms with Crippen LogP contribution in [-0.2, 0) is 14.8 Å². The number of hydrogen-bond donors (Lipinski definition) is 1. The third-order valence-corrected chi connectivity index (χ3v) is 3.72. The van der Waals surface area contributed by atoms with Gasteiger partial charge in [0.05, 0.1) is 18.4 Å². The second kappa shape index (κ2) is 6.39. The molecular formula is C12H17NO4S. The summed E-state index contributed by atoms with van der Waals surface area (Å²) in [6.45, 7) is 1.93. The van der Waals surface area contributed by atoms with E-state index in [2.05, 4.69) is 9.46 Å². The molecule has 0 unspecified atom stereocenters. The van der Waals surface area contributed by atoms with Gasteiger partial charge < -0.3 is 4.74 Å². The Morgan fingerprint density at radius 2 is 1.89 bits per heavy atom. The second-order valence-corrected chi connectivity index (χ2v) is 5.69. The van der Waals surface area contributed by atoms with E-state index in [0.717, 1.165) is 6.42 Å². The van der Waals surface area contributed by atoms with Crippen LogP contribution in [0, 0.1) is 0 Å². The molecule has 0 amide bonds. The molecule has 0 saturated heterocycles. The zero-order chi connectivity index (χ0) is 13.6. The van der Waals surface area contributed by atoms with Gasteiger partial charge in [-0.1, -0.05) is 13.3 Å². The van der Waals surface area contributed by atoms with Crippen molar-refractivity contribution in [2.24, 2.45) is 0 Å². The average Bonchev–Trinajstić information content (AvgIpc) is 2.36. The van der Waals surface area contributed by atoms with Gasteiger partial charge in [0.25, 0.3) is 0 Å². The molecule has 1 aromatic rings. The van der Waals surface area contributed by atoms with Gasteiger partial charge in [-0.3, -0.25) is 4.72 Å². The highest BCUT2D eigenvalue weighted by molar-refractivity contribution is 7.92. The first kappa shape index (κ1) is 14.5. The number of unbranched alkanes of at least 4 members (excludes halogenated alkanes) is 1. The predicted octanol–water partition coefficient (Wildman–Crippen LogP) is 2.02. The van der Waals surface area contributed by atoms with Crippen molar-refractivity contribution in [2.45, 2.75) is 19.8 Å². The Bertz CT molecular complexity index is 493. The SMILES string of the molecule is CCCCS(=O)(=O)Nc1ccc(C(=O)OC)cc1. The van der Waals surface area contributed by atoms with Gasteiger partial charge in [0.15, 0.2) is 0 Å². The Balaban J connectivity index is 2.72. The van der Waals surface area contributed by atoms with Gasteiger partial charge in [0, 0.05) is 5.69 Å². The van der Waals surface area contributed by atoms with Crippen LogP contribution in [0.5, 0.6) is 0 Å². The molecule has 0 fully saturated rings. The summed E-state index contributed by atoms with van der Waals surface area (Å²) in [5.74, 6) is -0.349. The van der Waals surface area contributed by atoms with Crippen LogP contribution in [0.4, 0.5) is 5.69 Å². The lowest BCUT2D eigenvalue weighted by Gasteiger charge is -2.07. The molecule has 0 aromatic heterocycles. The standard InChI is InChI=1S/C12H17NO4S/c1-3-4-9-18(15,16)13-11-7-5-10(6-8-11)12(14)17-2/h5-8,13H,3-4,9H2,1-2H3. The smallest absolute Gasteiger partial charge is 0.337 e. The van der Waals surface area contributed by atoms with Crippen LogP contribution < -0.4 is 4.72 Å². The highest BCUT2D eigenvalue weighted by Gasteiger charge is 2.10. The van der Waals surface area contributed by atoms with E-state index in [4.69, 9.17) is 0 Å². The van der Waals surface area contributed by atoms with E-state index in [1.165, 1.54) is 31.4 Å². The maximum absolute atomic E-state index is 11.6. The van der Waals surface area contributed by atoms with E-state index in [1.54, 1.807) is 0 Å². The number of hydrogen-bond acceptors (Lipinski definition) is 4. The lowest BCUT2D eigenvalue weighted by molar-refractivity contribution is 0.0601. The van der Waals surface area contributed by atoms with Gasteiger partial charge in [0.2, 0.25) is 10.0 Å². The van der Waals surface area contributed by atoms with Gasteiger partial charge >= 0.3 is 5.97 Å². The lowest BCUT2D eigenvalue weighted by atomic mass is 10.2. The van der Waals surface area contributed by atoms with Crippen molar-refractivity contribution >= 4 is 21.7 Å².